The number of aliphatic hydroxyl groups is 1. The van der Waals surface area contributed by atoms with E-state index in [0.717, 1.165) is 12.1 Å². The fourth-order valence-corrected chi connectivity index (χ4v) is 1.43. The van der Waals surface area contributed by atoms with Crippen LogP contribution in [0.25, 0.3) is 0 Å². The average molecular weight is 287 g/mol. The van der Waals surface area contributed by atoms with Crippen LogP contribution in [0.2, 0.25) is 0 Å². The molecule has 6 heteroatoms. The fraction of sp³-hybridized carbons (Fsp3) is 0.333. The molecule has 1 aromatic carbocycles. The molecule has 0 fully saturated rings. The van der Waals surface area contributed by atoms with E-state index in [1.807, 2.05) is 0 Å². The number of alkyl halides is 3. The summed E-state index contributed by atoms with van der Waals surface area (Å²) in [5, 5.41) is 8.79. The molecule has 1 nitrogen and oxygen atoms in total. The number of rotatable bonds is 2. The maximum absolute atomic E-state index is 12.7. The van der Waals surface area contributed by atoms with Gasteiger partial charge in [0.15, 0.2) is 6.10 Å². The van der Waals surface area contributed by atoms with Crippen molar-refractivity contribution in [3.63, 3.8) is 0 Å². The third kappa shape index (κ3) is 3.46. The van der Waals surface area contributed by atoms with E-state index in [-0.39, 0.29) is 5.56 Å². The molecule has 84 valence electrons. The van der Waals surface area contributed by atoms with Crippen molar-refractivity contribution in [2.75, 3.05) is 0 Å². The first-order valence-corrected chi connectivity index (χ1v) is 4.78. The van der Waals surface area contributed by atoms with Crippen molar-refractivity contribution in [2.45, 2.75) is 18.7 Å². The molecular formula is C9H7BrF4O. The summed E-state index contributed by atoms with van der Waals surface area (Å²) >= 11 is 2.98. The van der Waals surface area contributed by atoms with Gasteiger partial charge in [-0.15, -0.1) is 0 Å². The van der Waals surface area contributed by atoms with Crippen LogP contribution in [0.15, 0.2) is 22.7 Å². The quantitative estimate of drug-likeness (QED) is 0.829. The summed E-state index contributed by atoms with van der Waals surface area (Å²) in [6.07, 6.45) is -7.83. The van der Waals surface area contributed by atoms with Crippen molar-refractivity contribution in [1.82, 2.24) is 0 Å². The monoisotopic (exact) mass is 286 g/mol. The first kappa shape index (κ1) is 12.4. The lowest BCUT2D eigenvalue weighted by atomic mass is 10.1. The largest absolute Gasteiger partial charge is 0.414 e. The molecule has 0 spiro atoms. The highest BCUT2D eigenvalue weighted by Gasteiger charge is 2.38. The normalized spacial score (nSPS) is 14.0. The van der Waals surface area contributed by atoms with Crippen LogP contribution in [0.3, 0.4) is 0 Å². The van der Waals surface area contributed by atoms with E-state index >= 15 is 0 Å². The van der Waals surface area contributed by atoms with Gasteiger partial charge in [0.2, 0.25) is 0 Å². The Morgan fingerprint density at radius 1 is 1.33 bits per heavy atom. The van der Waals surface area contributed by atoms with Gasteiger partial charge >= 0.3 is 6.18 Å². The van der Waals surface area contributed by atoms with Crippen LogP contribution >= 0.6 is 15.9 Å². The third-order valence-corrected chi connectivity index (χ3v) is 2.57. The van der Waals surface area contributed by atoms with E-state index in [0.29, 0.717) is 4.47 Å². The molecule has 1 N–H and O–H groups in total. The standard InChI is InChI=1S/C9H7BrF4O/c10-7-2-1-6(11)3-5(7)4-8(15)9(12,13)14/h1-3,8,15H,4H2/t8-/m1/s1. The Balaban J connectivity index is 2.85. The van der Waals surface area contributed by atoms with E-state index in [9.17, 15) is 17.6 Å². The van der Waals surface area contributed by atoms with E-state index in [1.54, 1.807) is 0 Å². The maximum atomic E-state index is 12.7. The van der Waals surface area contributed by atoms with Gasteiger partial charge in [-0.3, -0.25) is 0 Å². The molecule has 0 aliphatic rings. The predicted octanol–water partition coefficient (Wildman–Crippen LogP) is 3.05. The molecule has 0 amide bonds. The van der Waals surface area contributed by atoms with Crippen LogP contribution in [0, 0.1) is 5.82 Å². The van der Waals surface area contributed by atoms with Crippen LogP contribution in [0.5, 0.6) is 0 Å². The molecule has 0 saturated heterocycles. The SMILES string of the molecule is O[C@H](Cc1cc(F)ccc1Br)C(F)(F)F. The highest BCUT2D eigenvalue weighted by molar-refractivity contribution is 9.10. The summed E-state index contributed by atoms with van der Waals surface area (Å²) < 4.78 is 49.1. The lowest BCUT2D eigenvalue weighted by Gasteiger charge is -2.15. The first-order valence-electron chi connectivity index (χ1n) is 3.99. The molecule has 1 atom stereocenters. The van der Waals surface area contributed by atoms with Gasteiger partial charge in [0.05, 0.1) is 0 Å². The van der Waals surface area contributed by atoms with Gasteiger partial charge in [-0.1, -0.05) is 15.9 Å². The summed E-state index contributed by atoms with van der Waals surface area (Å²) in [6, 6.07) is 3.38. The summed E-state index contributed by atoms with van der Waals surface area (Å²) in [5.41, 5.74) is 0.0832. The zero-order chi connectivity index (χ0) is 11.6. The van der Waals surface area contributed by atoms with Gasteiger partial charge in [-0.25, -0.2) is 4.39 Å². The van der Waals surface area contributed by atoms with Crippen LogP contribution in [0.1, 0.15) is 5.56 Å². The molecule has 0 saturated carbocycles. The zero-order valence-corrected chi connectivity index (χ0v) is 8.94. The van der Waals surface area contributed by atoms with Crippen molar-refractivity contribution >= 4 is 15.9 Å². The number of hydrogen-bond acceptors (Lipinski definition) is 1. The van der Waals surface area contributed by atoms with Crippen LogP contribution in [-0.4, -0.2) is 17.4 Å². The minimum atomic E-state index is -4.69. The fourth-order valence-electron chi connectivity index (χ4n) is 1.02. The minimum Gasteiger partial charge on any atom is -0.383 e. The second kappa shape index (κ2) is 4.49. The molecule has 0 aliphatic carbocycles. The second-order valence-corrected chi connectivity index (χ2v) is 3.85. The topological polar surface area (TPSA) is 20.2 Å². The van der Waals surface area contributed by atoms with Gasteiger partial charge in [-0.05, 0) is 23.8 Å². The lowest BCUT2D eigenvalue weighted by Crippen LogP contribution is -2.30. The van der Waals surface area contributed by atoms with Crippen LogP contribution < -0.4 is 0 Å². The number of aliphatic hydroxyl groups excluding tert-OH is 1. The van der Waals surface area contributed by atoms with Crippen LogP contribution in [0.4, 0.5) is 17.6 Å². The van der Waals surface area contributed by atoms with E-state index in [1.165, 1.54) is 6.07 Å². The second-order valence-electron chi connectivity index (χ2n) is 3.00. The van der Waals surface area contributed by atoms with Gasteiger partial charge < -0.3 is 5.11 Å². The Labute approximate surface area is 91.9 Å². The minimum absolute atomic E-state index is 0.0832. The van der Waals surface area contributed by atoms with Crippen molar-refractivity contribution in [1.29, 1.82) is 0 Å². The van der Waals surface area contributed by atoms with Gasteiger partial charge in [0.25, 0.3) is 0 Å². The molecule has 0 aromatic heterocycles. The highest BCUT2D eigenvalue weighted by Crippen LogP contribution is 2.26. The maximum Gasteiger partial charge on any atom is 0.414 e. The average Bonchev–Trinajstić information content (AvgIpc) is 2.09. The number of hydrogen-bond donors (Lipinski definition) is 1. The molecule has 15 heavy (non-hydrogen) atoms. The number of halogens is 5. The van der Waals surface area contributed by atoms with E-state index < -0.39 is 24.5 Å². The molecule has 0 heterocycles. The lowest BCUT2D eigenvalue weighted by molar-refractivity contribution is -0.203. The predicted molar refractivity (Wildman–Crippen MR) is 49.9 cm³/mol. The van der Waals surface area contributed by atoms with Crippen molar-refractivity contribution in [2.24, 2.45) is 0 Å². The van der Waals surface area contributed by atoms with Crippen molar-refractivity contribution in [3.05, 3.63) is 34.1 Å². The zero-order valence-electron chi connectivity index (χ0n) is 7.35. The van der Waals surface area contributed by atoms with E-state index in [4.69, 9.17) is 5.11 Å². The molecular weight excluding hydrogens is 280 g/mol. The third-order valence-electron chi connectivity index (χ3n) is 1.80. The Morgan fingerprint density at radius 2 is 1.93 bits per heavy atom. The molecule has 0 unspecified atom stereocenters. The summed E-state index contributed by atoms with van der Waals surface area (Å²) in [4.78, 5) is 0. The molecule has 0 bridgehead atoms. The van der Waals surface area contributed by atoms with E-state index in [2.05, 4.69) is 15.9 Å². The Hall–Kier alpha value is -0.620. The van der Waals surface area contributed by atoms with Gasteiger partial charge in [-0.2, -0.15) is 13.2 Å². The summed E-state index contributed by atoms with van der Waals surface area (Å²) in [6.45, 7) is 0. The Kier molecular flexibility index (Phi) is 3.72. The van der Waals surface area contributed by atoms with Crippen molar-refractivity contribution < 1.29 is 22.7 Å². The molecule has 1 rings (SSSR count). The Morgan fingerprint density at radius 3 is 2.47 bits per heavy atom. The summed E-state index contributed by atoms with van der Waals surface area (Å²) in [7, 11) is 0. The molecule has 1 aromatic rings. The molecule has 0 aliphatic heterocycles. The van der Waals surface area contributed by atoms with Gasteiger partial charge in [0.1, 0.15) is 5.82 Å². The van der Waals surface area contributed by atoms with Crippen molar-refractivity contribution in [3.8, 4) is 0 Å². The smallest absolute Gasteiger partial charge is 0.383 e. The van der Waals surface area contributed by atoms with Gasteiger partial charge in [0, 0.05) is 10.9 Å². The molecule has 0 radical (unpaired) electrons. The van der Waals surface area contributed by atoms with Crippen LogP contribution in [-0.2, 0) is 6.42 Å². The Bertz CT molecular complexity index is 350. The number of benzene rings is 1. The highest BCUT2D eigenvalue weighted by atomic mass is 79.9. The first-order chi connectivity index (χ1) is 6.80. The summed E-state index contributed by atoms with van der Waals surface area (Å²) in [5.74, 6) is -0.637.